The van der Waals surface area contributed by atoms with E-state index in [1.165, 1.54) is 0 Å². The summed E-state index contributed by atoms with van der Waals surface area (Å²) in [7, 11) is 0. The Balaban J connectivity index is 0. The molecule has 0 saturated heterocycles. The Labute approximate surface area is 140 Å². The van der Waals surface area contributed by atoms with Crippen LogP contribution in [-0.4, -0.2) is 5.60 Å². The zero-order chi connectivity index (χ0) is 10.1. The van der Waals surface area contributed by atoms with Crippen molar-refractivity contribution in [2.75, 3.05) is 0 Å². The van der Waals surface area contributed by atoms with E-state index in [4.69, 9.17) is 4.52 Å². The summed E-state index contributed by atoms with van der Waals surface area (Å²) in [5.74, 6) is 0.00252. The van der Waals surface area contributed by atoms with Crippen LogP contribution in [0.25, 0.3) is 0 Å². The van der Waals surface area contributed by atoms with Crippen LogP contribution in [0.2, 0.25) is 0 Å². The molecule has 0 saturated carbocycles. The van der Waals surface area contributed by atoms with Gasteiger partial charge in [0.15, 0.2) is 0 Å². The smallest absolute Gasteiger partial charge is 0.812 e. The molecule has 0 amide bonds. The fraction of sp³-hybridized carbons (Fsp3) is 0.500. The van der Waals surface area contributed by atoms with Crippen molar-refractivity contribution in [1.82, 2.24) is 0 Å². The summed E-state index contributed by atoms with van der Waals surface area (Å²) in [6.45, 7) is -0.506. The molecule has 0 aliphatic heterocycles. The number of rotatable bonds is 2. The third-order valence-electron chi connectivity index (χ3n) is 2.15. The second-order valence-corrected chi connectivity index (χ2v) is 5.67. The van der Waals surface area contributed by atoms with Crippen LogP contribution >= 0.6 is 6.72 Å². The fourth-order valence-corrected chi connectivity index (χ4v) is 2.37. The van der Waals surface area contributed by atoms with Gasteiger partial charge >= 0.3 is 59.1 Å². The quantitative estimate of drug-likeness (QED) is 0.369. The minimum Gasteiger partial charge on any atom is -0.812 e. The van der Waals surface area contributed by atoms with Crippen LogP contribution in [0.15, 0.2) is 24.3 Å². The van der Waals surface area contributed by atoms with Gasteiger partial charge in [-0.3, -0.25) is 0 Å². The normalized spacial score (nSPS) is 29.2. The van der Waals surface area contributed by atoms with E-state index in [-0.39, 0.29) is 65.0 Å². The molecule has 0 aromatic heterocycles. The molecule has 15 heavy (non-hydrogen) atoms. The van der Waals surface area contributed by atoms with Crippen LogP contribution in [0.3, 0.4) is 0 Å². The van der Waals surface area contributed by atoms with Gasteiger partial charge in [-0.15, -0.1) is 11.8 Å². The molecular weight excluding hydrogens is 253 g/mol. The van der Waals surface area contributed by atoms with E-state index < -0.39 is 12.3 Å². The zero-order valence-corrected chi connectivity index (χ0v) is 15.2. The molecule has 1 aliphatic carbocycles. The SMILES string of the molecule is CC1C=CC=CC1(C)OP([O-])([O-])=S.[Na+].[Na+]. The third kappa shape index (κ3) is 6.49. The van der Waals surface area contributed by atoms with Crippen LogP contribution in [0.1, 0.15) is 13.8 Å². The number of hydrogen-bond donors (Lipinski definition) is 0. The first-order valence-electron chi connectivity index (χ1n) is 3.92. The maximum atomic E-state index is 10.8. The first-order valence-corrected chi connectivity index (χ1v) is 6.48. The molecule has 0 radical (unpaired) electrons. The van der Waals surface area contributed by atoms with Crippen molar-refractivity contribution >= 4 is 18.5 Å². The molecule has 7 heteroatoms. The van der Waals surface area contributed by atoms with Crippen molar-refractivity contribution < 1.29 is 73.4 Å². The predicted molar refractivity (Wildman–Crippen MR) is 51.2 cm³/mol. The molecule has 0 N–H and O–H groups in total. The van der Waals surface area contributed by atoms with E-state index in [9.17, 15) is 9.79 Å². The van der Waals surface area contributed by atoms with Crippen LogP contribution in [0, 0.1) is 5.92 Å². The van der Waals surface area contributed by atoms with E-state index in [2.05, 4.69) is 11.8 Å². The monoisotopic (exact) mass is 264 g/mol. The van der Waals surface area contributed by atoms with Gasteiger partial charge in [-0.05, 0) is 6.92 Å². The van der Waals surface area contributed by atoms with Crippen molar-refractivity contribution in [1.29, 1.82) is 0 Å². The Kier molecular flexibility index (Phi) is 9.61. The van der Waals surface area contributed by atoms with E-state index in [0.717, 1.165) is 0 Å². The summed E-state index contributed by atoms with van der Waals surface area (Å²) >= 11 is 4.21. The van der Waals surface area contributed by atoms with Gasteiger partial charge in [-0.2, -0.15) is 0 Å². The molecule has 0 bridgehead atoms. The maximum absolute atomic E-state index is 10.8. The summed E-state index contributed by atoms with van der Waals surface area (Å²) in [4.78, 5) is 21.6. The zero-order valence-electron chi connectivity index (χ0n) is 9.47. The third-order valence-corrected chi connectivity index (χ3v) is 2.99. The van der Waals surface area contributed by atoms with Crippen molar-refractivity contribution in [3.8, 4) is 0 Å². The molecule has 0 heterocycles. The first-order chi connectivity index (χ1) is 5.83. The number of allylic oxidation sites excluding steroid dienone is 2. The Morgan fingerprint density at radius 1 is 1.33 bits per heavy atom. The predicted octanol–water partition coefficient (Wildman–Crippen LogP) is -5.52. The van der Waals surface area contributed by atoms with E-state index in [1.807, 2.05) is 19.1 Å². The average molecular weight is 264 g/mol. The summed E-state index contributed by atoms with van der Waals surface area (Å²) < 4.78 is 4.86. The largest absolute Gasteiger partial charge is 1.00 e. The van der Waals surface area contributed by atoms with Gasteiger partial charge in [-0.1, -0.05) is 37.9 Å². The first kappa shape index (κ1) is 19.4. The fourth-order valence-electron chi connectivity index (χ4n) is 1.17. The molecule has 0 aromatic rings. The summed E-state index contributed by atoms with van der Waals surface area (Å²) in [6, 6.07) is 0. The van der Waals surface area contributed by atoms with Gasteiger partial charge in [0, 0.05) is 5.92 Å². The molecular formula is C8H11Na2O3PS. The molecule has 1 rings (SSSR count). The van der Waals surface area contributed by atoms with Crippen LogP contribution < -0.4 is 68.9 Å². The number of hydrogen-bond acceptors (Lipinski definition) is 4. The average Bonchev–Trinajstić information content (AvgIpc) is 1.92. The molecule has 1 aliphatic rings. The molecule has 0 aromatic carbocycles. The topological polar surface area (TPSA) is 55.3 Å². The van der Waals surface area contributed by atoms with E-state index in [0.29, 0.717) is 0 Å². The Morgan fingerprint density at radius 2 is 1.87 bits per heavy atom. The molecule has 2 unspecified atom stereocenters. The van der Waals surface area contributed by atoms with Crippen molar-refractivity contribution in [2.24, 2.45) is 5.92 Å². The van der Waals surface area contributed by atoms with Gasteiger partial charge in [0.05, 0.1) is 5.60 Å². The van der Waals surface area contributed by atoms with E-state index in [1.54, 1.807) is 19.1 Å². The summed E-state index contributed by atoms with van der Waals surface area (Å²) in [5.41, 5.74) is -0.826. The minimum atomic E-state index is -4.09. The maximum Gasteiger partial charge on any atom is 1.00 e. The van der Waals surface area contributed by atoms with Crippen molar-refractivity contribution in [3.63, 3.8) is 0 Å². The molecule has 0 spiro atoms. The van der Waals surface area contributed by atoms with E-state index >= 15 is 0 Å². The van der Waals surface area contributed by atoms with Gasteiger partial charge in [0.1, 0.15) is 0 Å². The van der Waals surface area contributed by atoms with Crippen LogP contribution in [0.4, 0.5) is 0 Å². The van der Waals surface area contributed by atoms with Gasteiger partial charge in [-0.25, -0.2) is 0 Å². The Bertz CT molecular complexity index is 302. The Morgan fingerprint density at radius 3 is 2.27 bits per heavy atom. The van der Waals surface area contributed by atoms with Crippen molar-refractivity contribution in [2.45, 2.75) is 19.4 Å². The van der Waals surface area contributed by atoms with Gasteiger partial charge < -0.3 is 14.3 Å². The van der Waals surface area contributed by atoms with Crippen LogP contribution in [-0.2, 0) is 16.3 Å². The summed E-state index contributed by atoms with van der Waals surface area (Å²) in [6.07, 6.45) is 7.19. The Hall–Kier alpha value is 2.01. The minimum absolute atomic E-state index is 0. The second kappa shape index (κ2) is 7.45. The second-order valence-electron chi connectivity index (χ2n) is 3.26. The summed E-state index contributed by atoms with van der Waals surface area (Å²) in [5, 5.41) is 0. The molecule has 3 nitrogen and oxygen atoms in total. The van der Waals surface area contributed by atoms with Crippen LogP contribution in [0.5, 0.6) is 0 Å². The molecule has 0 fully saturated rings. The molecule has 2 atom stereocenters. The van der Waals surface area contributed by atoms with Gasteiger partial charge in [0.25, 0.3) is 0 Å². The molecule has 74 valence electrons. The van der Waals surface area contributed by atoms with Gasteiger partial charge in [0.2, 0.25) is 0 Å². The standard InChI is InChI=1S/C8H13O3PS.2Na/c1-7-5-3-4-6-8(7,2)11-12(9,10)13;;/h3-7H,1-2H3,(H2,9,10,13);;/q;2*+1/p-2. The van der Waals surface area contributed by atoms with Crippen molar-refractivity contribution in [3.05, 3.63) is 24.3 Å².